The Morgan fingerprint density at radius 2 is 1.74 bits per heavy atom. The molecular formula is C26H33N3O2. The van der Waals surface area contributed by atoms with Crippen molar-refractivity contribution in [1.29, 1.82) is 0 Å². The van der Waals surface area contributed by atoms with E-state index in [4.69, 9.17) is 0 Å². The predicted molar refractivity (Wildman–Crippen MR) is 124 cm³/mol. The molecule has 2 fully saturated rings. The van der Waals surface area contributed by atoms with E-state index in [0.717, 1.165) is 50.3 Å². The lowest BCUT2D eigenvalue weighted by Gasteiger charge is -2.60. The van der Waals surface area contributed by atoms with Crippen molar-refractivity contribution in [3.8, 4) is 5.75 Å². The van der Waals surface area contributed by atoms with Crippen LogP contribution < -0.4 is 10.2 Å². The quantitative estimate of drug-likeness (QED) is 0.782. The molecular weight excluding hydrogens is 386 g/mol. The van der Waals surface area contributed by atoms with Gasteiger partial charge in [-0.2, -0.15) is 0 Å². The molecule has 2 atom stereocenters. The summed E-state index contributed by atoms with van der Waals surface area (Å²) in [5.74, 6) is 0.463. The Labute approximate surface area is 185 Å². The van der Waals surface area contributed by atoms with Crippen LogP contribution in [0.2, 0.25) is 0 Å². The highest BCUT2D eigenvalue weighted by molar-refractivity contribution is 5.95. The fourth-order valence-corrected chi connectivity index (χ4v) is 6.07. The summed E-state index contributed by atoms with van der Waals surface area (Å²) >= 11 is 0. The number of amides is 1. The lowest BCUT2D eigenvalue weighted by Crippen LogP contribution is -2.64. The maximum absolute atomic E-state index is 13.6. The van der Waals surface area contributed by atoms with E-state index in [1.807, 2.05) is 18.2 Å². The maximum Gasteiger partial charge on any atom is 0.254 e. The molecule has 2 bridgehead atoms. The zero-order valence-corrected chi connectivity index (χ0v) is 18.8. The summed E-state index contributed by atoms with van der Waals surface area (Å²) < 4.78 is 0. The summed E-state index contributed by atoms with van der Waals surface area (Å²) in [7, 11) is 0. The Morgan fingerprint density at radius 1 is 1.03 bits per heavy atom. The molecule has 164 valence electrons. The summed E-state index contributed by atoms with van der Waals surface area (Å²) in [6.45, 7) is 11.6. The van der Waals surface area contributed by atoms with E-state index < -0.39 is 0 Å². The van der Waals surface area contributed by atoms with Gasteiger partial charge in [-0.05, 0) is 59.7 Å². The highest BCUT2D eigenvalue weighted by Gasteiger charge is 2.57. The summed E-state index contributed by atoms with van der Waals surface area (Å²) in [6.07, 6.45) is 1.60. The van der Waals surface area contributed by atoms with Crippen LogP contribution in [-0.2, 0) is 11.8 Å². The number of hydrogen-bond donors (Lipinski definition) is 2. The van der Waals surface area contributed by atoms with Crippen LogP contribution in [0.4, 0.5) is 5.69 Å². The Hall–Kier alpha value is -2.53. The number of hydrogen-bond acceptors (Lipinski definition) is 4. The molecule has 0 spiro atoms. The first-order chi connectivity index (χ1) is 14.8. The van der Waals surface area contributed by atoms with E-state index in [9.17, 15) is 9.90 Å². The van der Waals surface area contributed by atoms with Crippen molar-refractivity contribution in [2.24, 2.45) is 5.41 Å². The number of rotatable bonds is 2. The molecule has 2 aromatic carbocycles. The number of aromatic hydroxyl groups is 1. The van der Waals surface area contributed by atoms with Crippen molar-refractivity contribution in [2.75, 3.05) is 37.6 Å². The molecule has 0 aromatic heterocycles. The van der Waals surface area contributed by atoms with Gasteiger partial charge in [0.2, 0.25) is 0 Å². The van der Waals surface area contributed by atoms with Gasteiger partial charge in [0.1, 0.15) is 5.75 Å². The van der Waals surface area contributed by atoms with Gasteiger partial charge < -0.3 is 20.2 Å². The third-order valence-electron chi connectivity index (χ3n) is 8.48. The van der Waals surface area contributed by atoms with Gasteiger partial charge >= 0.3 is 0 Å². The van der Waals surface area contributed by atoms with Crippen LogP contribution >= 0.6 is 0 Å². The fourth-order valence-electron chi connectivity index (χ4n) is 6.07. The van der Waals surface area contributed by atoms with Gasteiger partial charge in [0.15, 0.2) is 0 Å². The zero-order valence-electron chi connectivity index (χ0n) is 18.8. The number of nitrogens with zero attached hydrogens (tertiary/aromatic N) is 2. The summed E-state index contributed by atoms with van der Waals surface area (Å²) in [4.78, 5) is 18.0. The van der Waals surface area contributed by atoms with Crippen LogP contribution in [0.5, 0.6) is 5.75 Å². The van der Waals surface area contributed by atoms with Crippen molar-refractivity contribution in [3.63, 3.8) is 0 Å². The van der Waals surface area contributed by atoms with Gasteiger partial charge in [0.25, 0.3) is 5.91 Å². The number of carbonyl (C=O) groups is 1. The topological polar surface area (TPSA) is 55.8 Å². The molecule has 3 aliphatic rings. The minimum atomic E-state index is -0.0809. The van der Waals surface area contributed by atoms with Crippen molar-refractivity contribution < 1.29 is 9.90 Å². The Morgan fingerprint density at radius 3 is 2.45 bits per heavy atom. The average Bonchev–Trinajstić information content (AvgIpc) is 2.77. The zero-order chi connectivity index (χ0) is 21.8. The molecule has 0 unspecified atom stereocenters. The first-order valence-corrected chi connectivity index (χ1v) is 11.5. The van der Waals surface area contributed by atoms with Crippen molar-refractivity contribution in [3.05, 3.63) is 59.2 Å². The molecule has 0 radical (unpaired) electrons. The van der Waals surface area contributed by atoms with Crippen molar-refractivity contribution >= 4 is 11.6 Å². The standard InChI is InChI=1S/C26H33N3O2/c1-25(2)23-17-20-21(5-4-6-22(20)30)26(25,3)11-14-29(23)24(31)18-7-9-19(10-8-18)28-15-12-27-13-16-28/h4-10,23,27,30H,11-17H2,1-3H3/t23-,26+/m1/s1. The van der Waals surface area contributed by atoms with Crippen LogP contribution in [0.1, 0.15) is 48.7 Å². The molecule has 31 heavy (non-hydrogen) atoms. The molecule has 2 heterocycles. The van der Waals surface area contributed by atoms with Gasteiger partial charge in [0.05, 0.1) is 0 Å². The highest BCUT2D eigenvalue weighted by Crippen LogP contribution is 2.57. The number of fused-ring (bicyclic) bond motifs is 4. The van der Waals surface area contributed by atoms with Gasteiger partial charge in [-0.15, -0.1) is 0 Å². The van der Waals surface area contributed by atoms with E-state index in [0.29, 0.717) is 12.2 Å². The van der Waals surface area contributed by atoms with E-state index in [1.165, 1.54) is 11.3 Å². The molecule has 2 saturated heterocycles. The van der Waals surface area contributed by atoms with E-state index >= 15 is 0 Å². The monoisotopic (exact) mass is 419 g/mol. The smallest absolute Gasteiger partial charge is 0.254 e. The molecule has 5 heteroatoms. The molecule has 0 saturated carbocycles. The Kier molecular flexibility index (Phi) is 4.78. The first-order valence-electron chi connectivity index (χ1n) is 11.5. The summed E-state index contributed by atoms with van der Waals surface area (Å²) in [5, 5.41) is 14.0. The second kappa shape index (κ2) is 7.27. The molecule has 1 aliphatic carbocycles. The Bertz CT molecular complexity index is 994. The van der Waals surface area contributed by atoms with E-state index in [-0.39, 0.29) is 22.8 Å². The molecule has 2 aromatic rings. The molecule has 2 N–H and O–H groups in total. The number of phenolic OH excluding ortho intramolecular Hbond substituents is 1. The van der Waals surface area contributed by atoms with Crippen LogP contribution in [0.25, 0.3) is 0 Å². The molecule has 2 aliphatic heterocycles. The van der Waals surface area contributed by atoms with Gasteiger partial charge in [-0.3, -0.25) is 4.79 Å². The minimum absolute atomic E-state index is 0.0624. The lowest BCUT2D eigenvalue weighted by atomic mass is 9.51. The summed E-state index contributed by atoms with van der Waals surface area (Å²) in [6, 6.07) is 14.1. The van der Waals surface area contributed by atoms with Gasteiger partial charge in [0, 0.05) is 55.4 Å². The second-order valence-electron chi connectivity index (χ2n) is 10.1. The molecule has 5 nitrogen and oxygen atoms in total. The molecule has 1 amide bonds. The minimum Gasteiger partial charge on any atom is -0.508 e. The lowest BCUT2D eigenvalue weighted by molar-refractivity contribution is -0.0266. The number of piperidine rings is 1. The third kappa shape index (κ3) is 3.05. The largest absolute Gasteiger partial charge is 0.508 e. The molecule has 5 rings (SSSR count). The first kappa shape index (κ1) is 20.4. The van der Waals surface area contributed by atoms with E-state index in [2.05, 4.69) is 54.1 Å². The predicted octanol–water partition coefficient (Wildman–Crippen LogP) is 3.56. The third-order valence-corrected chi connectivity index (χ3v) is 8.48. The Balaban J connectivity index is 1.44. The number of carbonyl (C=O) groups excluding carboxylic acids is 1. The van der Waals surface area contributed by atoms with Crippen molar-refractivity contribution in [1.82, 2.24) is 10.2 Å². The van der Waals surface area contributed by atoms with Crippen LogP contribution in [-0.4, -0.2) is 54.7 Å². The van der Waals surface area contributed by atoms with Crippen LogP contribution in [0.3, 0.4) is 0 Å². The number of likely N-dealkylation sites (tertiary alicyclic amines) is 1. The normalized spacial score (nSPS) is 27.0. The second-order valence-corrected chi connectivity index (χ2v) is 10.1. The number of phenols is 1. The SMILES string of the molecule is CC1(C)[C@H]2Cc3c(O)cccc3[C@]1(C)CCN2C(=O)c1ccc(N2CCNCC2)cc1. The summed E-state index contributed by atoms with van der Waals surface area (Å²) in [5.41, 5.74) is 4.06. The maximum atomic E-state index is 13.6. The van der Waals surface area contributed by atoms with Gasteiger partial charge in [-0.25, -0.2) is 0 Å². The van der Waals surface area contributed by atoms with Gasteiger partial charge in [-0.1, -0.05) is 32.9 Å². The fraction of sp³-hybridized carbons (Fsp3) is 0.500. The highest BCUT2D eigenvalue weighted by atomic mass is 16.3. The van der Waals surface area contributed by atoms with Crippen LogP contribution in [0.15, 0.2) is 42.5 Å². The number of benzene rings is 2. The number of anilines is 1. The number of piperazine rings is 1. The van der Waals surface area contributed by atoms with E-state index in [1.54, 1.807) is 6.07 Å². The van der Waals surface area contributed by atoms with Crippen LogP contribution in [0, 0.1) is 5.41 Å². The average molecular weight is 420 g/mol. The number of nitrogens with one attached hydrogen (secondary N) is 1. The van der Waals surface area contributed by atoms with Crippen molar-refractivity contribution in [2.45, 2.75) is 45.1 Å².